The first-order valence-corrected chi connectivity index (χ1v) is 7.30. The SMILES string of the molecule is CCCC(NC)c1ccc(-c2cc(F)c(F)c(F)c2)s1. The Labute approximate surface area is 120 Å². The Morgan fingerprint density at radius 1 is 1.15 bits per heavy atom. The van der Waals surface area contributed by atoms with Gasteiger partial charge in [-0.25, -0.2) is 13.2 Å². The van der Waals surface area contributed by atoms with Crippen molar-refractivity contribution >= 4 is 11.3 Å². The molecule has 2 aromatic rings. The predicted octanol–water partition coefficient (Wildman–Crippen LogP) is 4.89. The number of halogens is 3. The lowest BCUT2D eigenvalue weighted by Crippen LogP contribution is -2.14. The largest absolute Gasteiger partial charge is 0.312 e. The van der Waals surface area contributed by atoms with Gasteiger partial charge >= 0.3 is 0 Å². The Morgan fingerprint density at radius 2 is 1.80 bits per heavy atom. The minimum Gasteiger partial charge on any atom is -0.312 e. The molecule has 0 aliphatic rings. The van der Waals surface area contributed by atoms with Gasteiger partial charge in [0.15, 0.2) is 17.5 Å². The number of nitrogens with one attached hydrogen (secondary N) is 1. The van der Waals surface area contributed by atoms with Gasteiger partial charge in [0.05, 0.1) is 0 Å². The number of rotatable bonds is 5. The number of hydrogen-bond acceptors (Lipinski definition) is 2. The van der Waals surface area contributed by atoms with Crippen molar-refractivity contribution in [2.24, 2.45) is 0 Å². The van der Waals surface area contributed by atoms with Crippen LogP contribution in [0.2, 0.25) is 0 Å². The highest BCUT2D eigenvalue weighted by Gasteiger charge is 2.15. The summed E-state index contributed by atoms with van der Waals surface area (Å²) in [5.74, 6) is -3.74. The van der Waals surface area contributed by atoms with Crippen molar-refractivity contribution in [1.29, 1.82) is 0 Å². The molecule has 0 fully saturated rings. The van der Waals surface area contributed by atoms with Crippen molar-refractivity contribution in [1.82, 2.24) is 5.32 Å². The highest BCUT2D eigenvalue weighted by atomic mass is 32.1. The minimum absolute atomic E-state index is 0.230. The van der Waals surface area contributed by atoms with E-state index in [1.54, 1.807) is 0 Å². The van der Waals surface area contributed by atoms with Crippen LogP contribution in [0.5, 0.6) is 0 Å². The van der Waals surface area contributed by atoms with Crippen LogP contribution < -0.4 is 5.32 Å². The average Bonchev–Trinajstić information content (AvgIpc) is 2.91. The Morgan fingerprint density at radius 3 is 2.35 bits per heavy atom. The summed E-state index contributed by atoms with van der Waals surface area (Å²) in [7, 11) is 1.89. The topological polar surface area (TPSA) is 12.0 Å². The molecule has 0 radical (unpaired) electrons. The van der Waals surface area contributed by atoms with Crippen LogP contribution in [0.15, 0.2) is 24.3 Å². The second-order valence-electron chi connectivity index (χ2n) is 4.59. The Kier molecular flexibility index (Phi) is 4.83. The molecule has 0 spiro atoms. The molecule has 1 nitrogen and oxygen atoms in total. The molecular formula is C15H16F3NS. The second-order valence-corrected chi connectivity index (χ2v) is 5.70. The number of hydrogen-bond donors (Lipinski definition) is 1. The maximum Gasteiger partial charge on any atom is 0.194 e. The molecule has 0 aliphatic heterocycles. The average molecular weight is 299 g/mol. The molecule has 1 aromatic carbocycles. The third-order valence-electron chi connectivity index (χ3n) is 3.16. The Bertz CT molecular complexity index is 572. The lowest BCUT2D eigenvalue weighted by Gasteiger charge is -2.12. The molecule has 0 saturated heterocycles. The van der Waals surface area contributed by atoms with E-state index in [1.807, 2.05) is 19.2 Å². The van der Waals surface area contributed by atoms with Crippen molar-refractivity contribution in [2.45, 2.75) is 25.8 Å². The van der Waals surface area contributed by atoms with Gasteiger partial charge < -0.3 is 5.32 Å². The fourth-order valence-electron chi connectivity index (χ4n) is 2.11. The molecule has 2 rings (SSSR count). The van der Waals surface area contributed by atoms with Crippen molar-refractivity contribution < 1.29 is 13.2 Å². The van der Waals surface area contributed by atoms with Gasteiger partial charge in [0.25, 0.3) is 0 Å². The zero-order valence-electron chi connectivity index (χ0n) is 11.3. The van der Waals surface area contributed by atoms with Gasteiger partial charge in [-0.2, -0.15) is 0 Å². The van der Waals surface area contributed by atoms with E-state index in [-0.39, 0.29) is 6.04 Å². The van der Waals surface area contributed by atoms with Crippen LogP contribution in [0.25, 0.3) is 10.4 Å². The molecule has 108 valence electrons. The van der Waals surface area contributed by atoms with Gasteiger partial charge in [-0.1, -0.05) is 13.3 Å². The molecular weight excluding hydrogens is 283 g/mol. The van der Waals surface area contributed by atoms with Crippen LogP contribution in [0.3, 0.4) is 0 Å². The molecule has 0 saturated carbocycles. The third-order valence-corrected chi connectivity index (χ3v) is 4.41. The van der Waals surface area contributed by atoms with Crippen LogP contribution in [0.4, 0.5) is 13.2 Å². The summed E-state index contributed by atoms with van der Waals surface area (Å²) in [6, 6.07) is 6.04. The first-order chi connectivity index (χ1) is 9.56. The normalized spacial score (nSPS) is 12.7. The molecule has 0 bridgehead atoms. The molecule has 0 amide bonds. The van der Waals surface area contributed by atoms with E-state index in [9.17, 15) is 13.2 Å². The highest BCUT2D eigenvalue weighted by Crippen LogP contribution is 2.34. The fraction of sp³-hybridized carbons (Fsp3) is 0.333. The molecule has 1 heterocycles. The highest BCUT2D eigenvalue weighted by molar-refractivity contribution is 7.15. The van der Waals surface area contributed by atoms with Gasteiger partial charge in [0.2, 0.25) is 0 Å². The van der Waals surface area contributed by atoms with E-state index >= 15 is 0 Å². The summed E-state index contributed by atoms with van der Waals surface area (Å²) in [6.45, 7) is 2.10. The van der Waals surface area contributed by atoms with E-state index in [0.29, 0.717) is 5.56 Å². The van der Waals surface area contributed by atoms with Crippen LogP contribution in [-0.4, -0.2) is 7.05 Å². The van der Waals surface area contributed by atoms with Gasteiger partial charge in [0, 0.05) is 15.8 Å². The second kappa shape index (κ2) is 6.41. The first-order valence-electron chi connectivity index (χ1n) is 6.48. The fourth-order valence-corrected chi connectivity index (χ4v) is 3.25. The summed E-state index contributed by atoms with van der Waals surface area (Å²) in [4.78, 5) is 1.84. The number of benzene rings is 1. The molecule has 1 aromatic heterocycles. The predicted molar refractivity (Wildman–Crippen MR) is 76.3 cm³/mol. The molecule has 1 atom stereocenters. The summed E-state index contributed by atoms with van der Waals surface area (Å²) >= 11 is 1.46. The van der Waals surface area contributed by atoms with Crippen molar-refractivity contribution in [3.8, 4) is 10.4 Å². The lowest BCUT2D eigenvalue weighted by atomic mass is 10.1. The standard InChI is InChI=1S/C15H16F3NS/c1-3-4-12(19-2)14-6-5-13(20-14)9-7-10(16)15(18)11(17)8-9/h5-8,12,19H,3-4H2,1-2H3. The monoisotopic (exact) mass is 299 g/mol. The summed E-state index contributed by atoms with van der Waals surface area (Å²) in [6.07, 6.45) is 2.03. The summed E-state index contributed by atoms with van der Waals surface area (Å²) < 4.78 is 39.5. The third kappa shape index (κ3) is 3.04. The lowest BCUT2D eigenvalue weighted by molar-refractivity contribution is 0.448. The Balaban J connectivity index is 2.33. The summed E-state index contributed by atoms with van der Waals surface area (Å²) in [5, 5.41) is 3.22. The molecule has 1 N–H and O–H groups in total. The smallest absolute Gasteiger partial charge is 0.194 e. The maximum atomic E-state index is 13.3. The van der Waals surface area contributed by atoms with Gasteiger partial charge in [-0.15, -0.1) is 11.3 Å². The minimum atomic E-state index is -1.43. The van der Waals surface area contributed by atoms with Crippen LogP contribution in [-0.2, 0) is 0 Å². The van der Waals surface area contributed by atoms with Crippen molar-refractivity contribution in [3.63, 3.8) is 0 Å². The summed E-state index contributed by atoms with van der Waals surface area (Å²) in [5.41, 5.74) is 0.365. The van der Waals surface area contributed by atoms with Crippen molar-refractivity contribution in [3.05, 3.63) is 46.6 Å². The maximum absolute atomic E-state index is 13.3. The van der Waals surface area contributed by atoms with E-state index in [4.69, 9.17) is 0 Å². The Hall–Kier alpha value is -1.33. The molecule has 20 heavy (non-hydrogen) atoms. The molecule has 0 aliphatic carbocycles. The zero-order chi connectivity index (χ0) is 14.7. The van der Waals surface area contributed by atoms with Crippen LogP contribution in [0.1, 0.15) is 30.7 Å². The van der Waals surface area contributed by atoms with E-state index < -0.39 is 17.5 Å². The van der Waals surface area contributed by atoms with E-state index in [0.717, 1.165) is 34.7 Å². The van der Waals surface area contributed by atoms with Gasteiger partial charge in [0.1, 0.15) is 0 Å². The van der Waals surface area contributed by atoms with E-state index in [2.05, 4.69) is 12.2 Å². The van der Waals surface area contributed by atoms with Gasteiger partial charge in [-0.05, 0) is 43.3 Å². The molecule has 1 unspecified atom stereocenters. The van der Waals surface area contributed by atoms with Crippen molar-refractivity contribution in [2.75, 3.05) is 7.05 Å². The van der Waals surface area contributed by atoms with E-state index in [1.165, 1.54) is 11.3 Å². The quantitative estimate of drug-likeness (QED) is 0.775. The number of thiophene rings is 1. The van der Waals surface area contributed by atoms with Gasteiger partial charge in [-0.3, -0.25) is 0 Å². The molecule has 5 heteroatoms. The zero-order valence-corrected chi connectivity index (χ0v) is 12.2. The van der Waals surface area contributed by atoms with Crippen LogP contribution in [0, 0.1) is 17.5 Å². The van der Waals surface area contributed by atoms with Crippen LogP contribution >= 0.6 is 11.3 Å². The first kappa shape index (κ1) is 15.1.